The number of hydrogen-bond donors (Lipinski definition) is 0. The van der Waals surface area contributed by atoms with Crippen LogP contribution < -0.4 is 4.74 Å². The van der Waals surface area contributed by atoms with Crippen LogP contribution in [0.1, 0.15) is 11.2 Å². The first-order chi connectivity index (χ1) is 8.25. The van der Waals surface area contributed by atoms with Crippen LogP contribution >= 0.6 is 0 Å². The van der Waals surface area contributed by atoms with Gasteiger partial charge in [-0.2, -0.15) is 0 Å². The largest absolute Gasteiger partial charge is 0.493 e. The van der Waals surface area contributed by atoms with E-state index < -0.39 is 0 Å². The molecular formula is C12H11FN2O2. The number of rotatable bonds is 4. The minimum atomic E-state index is -0.358. The molecule has 1 aromatic heterocycles. The van der Waals surface area contributed by atoms with Crippen molar-refractivity contribution in [3.05, 3.63) is 48.8 Å². The summed E-state index contributed by atoms with van der Waals surface area (Å²) >= 11 is 0. The molecule has 2 rings (SSSR count). The molecule has 2 aromatic rings. The molecule has 0 unspecified atom stereocenters. The number of aromatic nitrogens is 2. The Hall–Kier alpha value is -2.17. The van der Waals surface area contributed by atoms with Crippen LogP contribution in [0.15, 0.2) is 43.0 Å². The Balaban J connectivity index is 1.82. The van der Waals surface area contributed by atoms with E-state index in [1.807, 2.05) is 0 Å². The number of imidazole rings is 1. The van der Waals surface area contributed by atoms with Gasteiger partial charge >= 0.3 is 0 Å². The van der Waals surface area contributed by atoms with Gasteiger partial charge in [-0.15, -0.1) is 0 Å². The highest BCUT2D eigenvalue weighted by molar-refractivity contribution is 5.78. The standard InChI is InChI=1S/C12H11FN2O2/c13-10-2-1-3-11(8-10)17-7-4-12(16)15-6-5-14-9-15/h1-3,5-6,8-9H,4,7H2. The third-order valence-corrected chi connectivity index (χ3v) is 2.17. The van der Waals surface area contributed by atoms with Crippen LogP contribution in [0.5, 0.6) is 5.75 Å². The molecule has 0 radical (unpaired) electrons. The molecule has 0 atom stereocenters. The number of benzene rings is 1. The van der Waals surface area contributed by atoms with Crippen LogP contribution in [0.4, 0.5) is 4.39 Å². The lowest BCUT2D eigenvalue weighted by Gasteiger charge is -2.05. The average Bonchev–Trinajstić information content (AvgIpc) is 2.82. The Morgan fingerprint density at radius 3 is 3.06 bits per heavy atom. The molecule has 0 aliphatic rings. The monoisotopic (exact) mass is 234 g/mol. The molecule has 0 bridgehead atoms. The first kappa shape index (κ1) is 11.3. The van der Waals surface area contributed by atoms with Crippen molar-refractivity contribution in [3.63, 3.8) is 0 Å². The lowest BCUT2D eigenvalue weighted by molar-refractivity contribution is 0.0881. The Bertz CT molecular complexity index is 497. The normalized spacial score (nSPS) is 10.2. The maximum absolute atomic E-state index is 12.8. The smallest absolute Gasteiger partial charge is 0.235 e. The second-order valence-corrected chi connectivity index (χ2v) is 3.42. The summed E-state index contributed by atoms with van der Waals surface area (Å²) < 4.78 is 19.5. The molecular weight excluding hydrogens is 223 g/mol. The van der Waals surface area contributed by atoms with E-state index in [-0.39, 0.29) is 24.8 Å². The van der Waals surface area contributed by atoms with Gasteiger partial charge in [0.15, 0.2) is 0 Å². The summed E-state index contributed by atoms with van der Waals surface area (Å²) in [7, 11) is 0. The molecule has 0 N–H and O–H groups in total. The van der Waals surface area contributed by atoms with E-state index in [1.54, 1.807) is 18.3 Å². The van der Waals surface area contributed by atoms with Gasteiger partial charge in [-0.25, -0.2) is 9.37 Å². The van der Waals surface area contributed by atoms with Crippen molar-refractivity contribution in [2.75, 3.05) is 6.61 Å². The zero-order chi connectivity index (χ0) is 12.1. The van der Waals surface area contributed by atoms with Crippen molar-refractivity contribution in [1.29, 1.82) is 0 Å². The highest BCUT2D eigenvalue weighted by Gasteiger charge is 2.04. The number of nitrogens with zero attached hydrogens (tertiary/aromatic N) is 2. The lowest BCUT2D eigenvalue weighted by Crippen LogP contribution is -2.12. The van der Waals surface area contributed by atoms with Gasteiger partial charge in [-0.1, -0.05) is 6.07 Å². The van der Waals surface area contributed by atoms with Crippen molar-refractivity contribution >= 4 is 5.91 Å². The fraction of sp³-hybridized carbons (Fsp3) is 0.167. The summed E-state index contributed by atoms with van der Waals surface area (Å²) in [6.07, 6.45) is 4.76. The molecule has 4 nitrogen and oxygen atoms in total. The molecule has 0 fully saturated rings. The van der Waals surface area contributed by atoms with E-state index in [0.717, 1.165) is 0 Å². The second-order valence-electron chi connectivity index (χ2n) is 3.42. The first-order valence-corrected chi connectivity index (χ1v) is 5.15. The SMILES string of the molecule is O=C(CCOc1cccc(F)c1)n1ccnc1. The van der Waals surface area contributed by atoms with Gasteiger partial charge in [0, 0.05) is 18.5 Å². The molecule has 0 amide bonds. The van der Waals surface area contributed by atoms with E-state index >= 15 is 0 Å². The van der Waals surface area contributed by atoms with Crippen molar-refractivity contribution < 1.29 is 13.9 Å². The van der Waals surface area contributed by atoms with Gasteiger partial charge in [-0.3, -0.25) is 9.36 Å². The van der Waals surface area contributed by atoms with Crippen LogP contribution in [0, 0.1) is 5.82 Å². The summed E-state index contributed by atoms with van der Waals surface area (Å²) in [4.78, 5) is 15.3. The topological polar surface area (TPSA) is 44.1 Å². The zero-order valence-corrected chi connectivity index (χ0v) is 9.04. The predicted molar refractivity (Wildman–Crippen MR) is 59.4 cm³/mol. The van der Waals surface area contributed by atoms with Crippen LogP contribution in [-0.2, 0) is 0 Å². The molecule has 88 valence electrons. The Morgan fingerprint density at radius 2 is 2.35 bits per heavy atom. The first-order valence-electron chi connectivity index (χ1n) is 5.15. The van der Waals surface area contributed by atoms with E-state index in [4.69, 9.17) is 4.74 Å². The van der Waals surface area contributed by atoms with Gasteiger partial charge in [-0.05, 0) is 12.1 Å². The van der Waals surface area contributed by atoms with Crippen LogP contribution in [0.2, 0.25) is 0 Å². The summed E-state index contributed by atoms with van der Waals surface area (Å²) in [5.74, 6) is -0.0502. The molecule has 1 heterocycles. The minimum Gasteiger partial charge on any atom is -0.493 e. The van der Waals surface area contributed by atoms with Gasteiger partial charge < -0.3 is 4.74 Å². The fourth-order valence-corrected chi connectivity index (χ4v) is 1.35. The zero-order valence-electron chi connectivity index (χ0n) is 9.04. The maximum Gasteiger partial charge on any atom is 0.235 e. The van der Waals surface area contributed by atoms with Crippen molar-refractivity contribution in [1.82, 2.24) is 9.55 Å². The van der Waals surface area contributed by atoms with Gasteiger partial charge in [0.2, 0.25) is 5.91 Å². The number of carbonyl (C=O) groups is 1. The summed E-state index contributed by atoms with van der Waals surface area (Å²) in [5, 5.41) is 0. The molecule has 17 heavy (non-hydrogen) atoms. The van der Waals surface area contributed by atoms with Crippen molar-refractivity contribution in [3.8, 4) is 5.75 Å². The van der Waals surface area contributed by atoms with E-state index in [2.05, 4.69) is 4.98 Å². The fourth-order valence-electron chi connectivity index (χ4n) is 1.35. The van der Waals surface area contributed by atoms with Crippen molar-refractivity contribution in [2.24, 2.45) is 0 Å². The molecule has 0 spiro atoms. The van der Waals surface area contributed by atoms with E-state index in [0.29, 0.717) is 5.75 Å². The summed E-state index contributed by atoms with van der Waals surface area (Å²) in [5.41, 5.74) is 0. The number of hydrogen-bond acceptors (Lipinski definition) is 3. The molecule has 0 saturated heterocycles. The second kappa shape index (κ2) is 5.25. The number of carbonyl (C=O) groups excluding carboxylic acids is 1. The maximum atomic E-state index is 12.8. The molecule has 0 saturated carbocycles. The average molecular weight is 234 g/mol. The van der Waals surface area contributed by atoms with Crippen LogP contribution in [0.3, 0.4) is 0 Å². The quantitative estimate of drug-likeness (QED) is 0.814. The highest BCUT2D eigenvalue weighted by atomic mass is 19.1. The lowest BCUT2D eigenvalue weighted by atomic mass is 10.3. The number of halogens is 1. The van der Waals surface area contributed by atoms with E-state index in [1.165, 1.54) is 29.2 Å². The Labute approximate surface area is 97.7 Å². The number of ether oxygens (including phenoxy) is 1. The summed E-state index contributed by atoms with van der Waals surface area (Å²) in [6, 6.07) is 5.82. The predicted octanol–water partition coefficient (Wildman–Crippen LogP) is 2.13. The van der Waals surface area contributed by atoms with Crippen molar-refractivity contribution in [2.45, 2.75) is 6.42 Å². The van der Waals surface area contributed by atoms with E-state index in [9.17, 15) is 9.18 Å². The third-order valence-electron chi connectivity index (χ3n) is 2.17. The molecule has 0 aliphatic carbocycles. The van der Waals surface area contributed by atoms with Gasteiger partial charge in [0.25, 0.3) is 0 Å². The third kappa shape index (κ3) is 3.14. The van der Waals surface area contributed by atoms with Gasteiger partial charge in [0.05, 0.1) is 13.0 Å². The molecule has 0 aliphatic heterocycles. The van der Waals surface area contributed by atoms with Crippen LogP contribution in [0.25, 0.3) is 0 Å². The molecule has 5 heteroatoms. The molecule has 1 aromatic carbocycles. The summed E-state index contributed by atoms with van der Waals surface area (Å²) in [6.45, 7) is 0.209. The Morgan fingerprint density at radius 1 is 1.47 bits per heavy atom. The van der Waals surface area contributed by atoms with Crippen LogP contribution in [-0.4, -0.2) is 22.1 Å². The highest BCUT2D eigenvalue weighted by Crippen LogP contribution is 2.12. The van der Waals surface area contributed by atoms with Gasteiger partial charge in [0.1, 0.15) is 17.9 Å². The minimum absolute atomic E-state index is 0.112. The Kier molecular flexibility index (Phi) is 3.49.